The van der Waals surface area contributed by atoms with E-state index in [1.807, 2.05) is 11.7 Å². The fourth-order valence-corrected chi connectivity index (χ4v) is 2.89. The first kappa shape index (κ1) is 15.0. The Morgan fingerprint density at radius 2 is 2.12 bits per heavy atom. The van der Waals surface area contributed by atoms with Crippen molar-refractivity contribution in [2.75, 3.05) is 5.88 Å². The standard InChI is InChI=1S/C12H21BrClN3/c1-5-9-11(13)10(17(4)16-9)8-15-12(2,3)6-7-14/h15H,5-8H2,1-4H3. The third-order valence-corrected chi connectivity index (χ3v) is 4.06. The lowest BCUT2D eigenvalue weighted by Crippen LogP contribution is -2.39. The van der Waals surface area contributed by atoms with Crippen molar-refractivity contribution < 1.29 is 0 Å². The zero-order chi connectivity index (χ0) is 13.1. The summed E-state index contributed by atoms with van der Waals surface area (Å²) >= 11 is 9.41. The minimum atomic E-state index is 0.0534. The van der Waals surface area contributed by atoms with Crippen LogP contribution in [0.5, 0.6) is 0 Å². The molecule has 0 aliphatic carbocycles. The highest BCUT2D eigenvalue weighted by atomic mass is 79.9. The van der Waals surface area contributed by atoms with E-state index in [2.05, 4.69) is 47.1 Å². The van der Waals surface area contributed by atoms with Crippen LogP contribution in [0.15, 0.2) is 4.47 Å². The molecule has 0 aromatic carbocycles. The maximum atomic E-state index is 5.79. The molecule has 0 atom stereocenters. The summed E-state index contributed by atoms with van der Waals surface area (Å²) in [6.07, 6.45) is 1.89. The third kappa shape index (κ3) is 3.97. The highest BCUT2D eigenvalue weighted by Crippen LogP contribution is 2.22. The van der Waals surface area contributed by atoms with Gasteiger partial charge in [-0.1, -0.05) is 6.92 Å². The van der Waals surface area contributed by atoms with E-state index in [0.717, 1.165) is 29.6 Å². The molecule has 1 heterocycles. The summed E-state index contributed by atoms with van der Waals surface area (Å²) < 4.78 is 3.06. The largest absolute Gasteiger partial charge is 0.306 e. The van der Waals surface area contributed by atoms with Gasteiger partial charge in [-0.15, -0.1) is 11.6 Å². The van der Waals surface area contributed by atoms with Crippen molar-refractivity contribution >= 4 is 27.5 Å². The summed E-state index contributed by atoms with van der Waals surface area (Å²) in [6, 6.07) is 0. The quantitative estimate of drug-likeness (QED) is 0.815. The lowest BCUT2D eigenvalue weighted by Gasteiger charge is -2.25. The number of halogens is 2. The fourth-order valence-electron chi connectivity index (χ4n) is 1.66. The molecular weight excluding hydrogens is 302 g/mol. The smallest absolute Gasteiger partial charge is 0.0767 e. The van der Waals surface area contributed by atoms with Crippen LogP contribution < -0.4 is 5.32 Å². The van der Waals surface area contributed by atoms with Gasteiger partial charge in [-0.2, -0.15) is 5.10 Å². The van der Waals surface area contributed by atoms with Gasteiger partial charge in [0.25, 0.3) is 0 Å². The third-order valence-electron chi connectivity index (χ3n) is 2.96. The summed E-state index contributed by atoms with van der Waals surface area (Å²) in [5.74, 6) is 0.673. The monoisotopic (exact) mass is 321 g/mol. The second-order valence-corrected chi connectivity index (χ2v) is 6.03. The predicted molar refractivity (Wildman–Crippen MR) is 76.5 cm³/mol. The zero-order valence-corrected chi connectivity index (χ0v) is 13.3. The predicted octanol–water partition coefficient (Wildman–Crippen LogP) is 3.24. The Morgan fingerprint density at radius 3 is 2.59 bits per heavy atom. The van der Waals surface area contributed by atoms with Gasteiger partial charge in [0.05, 0.1) is 15.9 Å². The van der Waals surface area contributed by atoms with Crippen LogP contribution in [-0.4, -0.2) is 21.2 Å². The van der Waals surface area contributed by atoms with Gasteiger partial charge in [-0.3, -0.25) is 4.68 Å². The van der Waals surface area contributed by atoms with Crippen molar-refractivity contribution in [2.24, 2.45) is 7.05 Å². The number of aromatic nitrogens is 2. The molecule has 1 aromatic rings. The molecule has 0 radical (unpaired) electrons. The van der Waals surface area contributed by atoms with Crippen molar-refractivity contribution in [3.8, 4) is 0 Å². The lowest BCUT2D eigenvalue weighted by molar-refractivity contribution is 0.370. The molecule has 1 aromatic heterocycles. The van der Waals surface area contributed by atoms with Crippen molar-refractivity contribution in [2.45, 2.75) is 45.7 Å². The van der Waals surface area contributed by atoms with Gasteiger partial charge < -0.3 is 5.32 Å². The Hall–Kier alpha value is -0.0600. The van der Waals surface area contributed by atoms with Gasteiger partial charge >= 0.3 is 0 Å². The summed E-state index contributed by atoms with van der Waals surface area (Å²) in [4.78, 5) is 0. The van der Waals surface area contributed by atoms with Crippen molar-refractivity contribution in [3.63, 3.8) is 0 Å². The normalized spacial score (nSPS) is 12.1. The van der Waals surface area contributed by atoms with Crippen LogP contribution in [0.2, 0.25) is 0 Å². The van der Waals surface area contributed by atoms with Crippen LogP contribution in [0.25, 0.3) is 0 Å². The van der Waals surface area contributed by atoms with Gasteiger partial charge in [-0.05, 0) is 42.6 Å². The van der Waals surface area contributed by atoms with Crippen LogP contribution in [0.4, 0.5) is 0 Å². The van der Waals surface area contributed by atoms with E-state index in [1.165, 1.54) is 5.69 Å². The van der Waals surface area contributed by atoms with E-state index in [0.29, 0.717) is 5.88 Å². The van der Waals surface area contributed by atoms with Gasteiger partial charge in [0, 0.05) is 25.0 Å². The molecule has 5 heteroatoms. The summed E-state index contributed by atoms with van der Waals surface area (Å²) in [6.45, 7) is 7.25. The second-order valence-electron chi connectivity index (χ2n) is 4.86. The van der Waals surface area contributed by atoms with E-state index in [9.17, 15) is 0 Å². The van der Waals surface area contributed by atoms with Crippen molar-refractivity contribution in [1.29, 1.82) is 0 Å². The molecular formula is C12H21BrClN3. The van der Waals surface area contributed by atoms with E-state index in [-0.39, 0.29) is 5.54 Å². The Morgan fingerprint density at radius 1 is 1.47 bits per heavy atom. The molecule has 3 nitrogen and oxygen atoms in total. The molecule has 17 heavy (non-hydrogen) atoms. The van der Waals surface area contributed by atoms with Crippen molar-refractivity contribution in [3.05, 3.63) is 15.9 Å². The molecule has 0 aliphatic rings. The molecule has 0 amide bonds. The average molecular weight is 323 g/mol. The minimum Gasteiger partial charge on any atom is -0.306 e. The first-order valence-corrected chi connectivity index (χ1v) is 7.25. The Balaban J connectivity index is 2.72. The van der Waals surface area contributed by atoms with E-state index < -0.39 is 0 Å². The number of hydrogen-bond acceptors (Lipinski definition) is 2. The van der Waals surface area contributed by atoms with Crippen LogP contribution in [0.3, 0.4) is 0 Å². The van der Waals surface area contributed by atoms with E-state index in [1.54, 1.807) is 0 Å². The molecule has 0 unspecified atom stereocenters. The molecule has 1 rings (SSSR count). The Kier molecular flexibility index (Phi) is 5.48. The molecule has 0 spiro atoms. The number of aryl methyl sites for hydroxylation is 2. The highest BCUT2D eigenvalue weighted by molar-refractivity contribution is 9.10. The SMILES string of the molecule is CCc1nn(C)c(CNC(C)(C)CCCl)c1Br. The van der Waals surface area contributed by atoms with Gasteiger partial charge in [0.1, 0.15) is 0 Å². The van der Waals surface area contributed by atoms with Crippen LogP contribution in [0.1, 0.15) is 38.6 Å². The van der Waals surface area contributed by atoms with Gasteiger partial charge in [0.2, 0.25) is 0 Å². The molecule has 0 fully saturated rings. The van der Waals surface area contributed by atoms with Crippen LogP contribution >= 0.6 is 27.5 Å². The first-order valence-electron chi connectivity index (χ1n) is 5.92. The van der Waals surface area contributed by atoms with E-state index >= 15 is 0 Å². The topological polar surface area (TPSA) is 29.9 Å². The summed E-state index contributed by atoms with van der Waals surface area (Å²) in [5, 5.41) is 8.00. The maximum absolute atomic E-state index is 5.79. The number of nitrogens with one attached hydrogen (secondary N) is 1. The molecule has 0 aliphatic heterocycles. The zero-order valence-electron chi connectivity index (χ0n) is 11.0. The van der Waals surface area contributed by atoms with Crippen LogP contribution in [0, 0.1) is 0 Å². The Bertz CT molecular complexity index is 374. The molecule has 1 N–H and O–H groups in total. The summed E-state index contributed by atoms with van der Waals surface area (Å²) in [5.41, 5.74) is 2.35. The van der Waals surface area contributed by atoms with Gasteiger partial charge in [-0.25, -0.2) is 0 Å². The number of hydrogen-bond donors (Lipinski definition) is 1. The van der Waals surface area contributed by atoms with Gasteiger partial charge in [0.15, 0.2) is 0 Å². The number of alkyl halides is 1. The van der Waals surface area contributed by atoms with Crippen LogP contribution in [-0.2, 0) is 20.0 Å². The molecule has 0 saturated carbocycles. The maximum Gasteiger partial charge on any atom is 0.0767 e. The number of rotatable bonds is 6. The lowest BCUT2D eigenvalue weighted by atomic mass is 10.0. The average Bonchev–Trinajstić information content (AvgIpc) is 2.51. The van der Waals surface area contributed by atoms with Crippen molar-refractivity contribution in [1.82, 2.24) is 15.1 Å². The minimum absolute atomic E-state index is 0.0534. The number of nitrogens with zero attached hydrogens (tertiary/aromatic N) is 2. The second kappa shape index (κ2) is 6.21. The first-order chi connectivity index (χ1) is 7.91. The Labute approximate surface area is 117 Å². The highest BCUT2D eigenvalue weighted by Gasteiger charge is 2.19. The molecule has 0 bridgehead atoms. The molecule has 98 valence electrons. The molecule has 0 saturated heterocycles. The van der Waals surface area contributed by atoms with E-state index in [4.69, 9.17) is 11.6 Å². The summed E-state index contributed by atoms with van der Waals surface area (Å²) in [7, 11) is 1.98. The fraction of sp³-hybridized carbons (Fsp3) is 0.750.